The average molecular weight is 198 g/mol. The molecule has 0 unspecified atom stereocenters. The van der Waals surface area contributed by atoms with Crippen LogP contribution in [0.25, 0.3) is 0 Å². The van der Waals surface area contributed by atoms with E-state index in [1.807, 2.05) is 0 Å². The Hall–Kier alpha value is -0.0600. The van der Waals surface area contributed by atoms with E-state index in [2.05, 4.69) is 11.3 Å². The van der Waals surface area contributed by atoms with Crippen molar-refractivity contribution in [3.63, 3.8) is 0 Å². The lowest BCUT2D eigenvalue weighted by Crippen LogP contribution is -2.28. The van der Waals surface area contributed by atoms with E-state index in [0.29, 0.717) is 6.54 Å². The Labute approximate surface area is 72.5 Å². The topological polar surface area (TPSA) is 46.2 Å². The lowest BCUT2D eigenvalue weighted by Gasteiger charge is -2.03. The lowest BCUT2D eigenvalue weighted by atomic mass is 10.4. The predicted molar refractivity (Wildman–Crippen MR) is 47.3 cm³/mol. The quantitative estimate of drug-likeness (QED) is 0.522. The van der Waals surface area contributed by atoms with Gasteiger partial charge in [0.1, 0.15) is 0 Å². The van der Waals surface area contributed by atoms with Crippen LogP contribution in [0, 0.1) is 0 Å². The Morgan fingerprint density at radius 3 is 2.55 bits per heavy atom. The maximum Gasteiger partial charge on any atom is 0.213 e. The van der Waals surface area contributed by atoms with Crippen LogP contribution in [0.3, 0.4) is 0 Å². The molecule has 0 rings (SSSR count). The van der Waals surface area contributed by atoms with E-state index >= 15 is 0 Å². The van der Waals surface area contributed by atoms with E-state index in [4.69, 9.17) is 11.6 Å². The lowest BCUT2D eigenvalue weighted by molar-refractivity contribution is 0.586. The zero-order valence-corrected chi connectivity index (χ0v) is 8.00. The molecule has 0 amide bonds. The molecule has 0 bridgehead atoms. The molecular weight excluding hydrogens is 186 g/mol. The van der Waals surface area contributed by atoms with Gasteiger partial charge in [0.25, 0.3) is 0 Å². The van der Waals surface area contributed by atoms with Crippen molar-refractivity contribution in [2.75, 3.05) is 18.2 Å². The first-order valence-electron chi connectivity index (χ1n) is 3.15. The molecule has 0 saturated heterocycles. The fourth-order valence-electron chi connectivity index (χ4n) is 0.407. The summed E-state index contributed by atoms with van der Waals surface area (Å²) in [6.45, 7) is 5.60. The van der Waals surface area contributed by atoms with E-state index < -0.39 is 10.0 Å². The molecule has 66 valence electrons. The fourth-order valence-corrected chi connectivity index (χ4v) is 1.83. The molecule has 3 nitrogen and oxygen atoms in total. The van der Waals surface area contributed by atoms with Crippen LogP contribution in [-0.2, 0) is 10.0 Å². The molecule has 0 aromatic carbocycles. The Kier molecular flexibility index (Phi) is 4.72. The molecule has 1 N–H and O–H groups in total. The van der Waals surface area contributed by atoms with Crippen molar-refractivity contribution >= 4 is 21.6 Å². The normalized spacial score (nSPS) is 11.5. The molecule has 0 aliphatic heterocycles. The minimum absolute atomic E-state index is 0.0398. The van der Waals surface area contributed by atoms with Crippen molar-refractivity contribution in [3.05, 3.63) is 12.2 Å². The predicted octanol–water partition coefficient (Wildman–Crippen LogP) is 0.721. The molecular formula is C6H12ClNO2S. The molecule has 0 aromatic rings. The van der Waals surface area contributed by atoms with Crippen LogP contribution in [0.15, 0.2) is 12.2 Å². The third-order valence-corrected chi connectivity index (χ3v) is 2.68. The number of sulfonamides is 1. The molecule has 0 heterocycles. The average Bonchev–Trinajstić information content (AvgIpc) is 1.84. The number of alkyl halides is 1. The van der Waals surface area contributed by atoms with Crippen LogP contribution in [0.2, 0.25) is 0 Å². The monoisotopic (exact) mass is 197 g/mol. The van der Waals surface area contributed by atoms with Gasteiger partial charge in [-0.3, -0.25) is 0 Å². The zero-order chi connectivity index (χ0) is 8.91. The number of hydrogen-bond donors (Lipinski definition) is 1. The maximum absolute atomic E-state index is 10.9. The van der Waals surface area contributed by atoms with E-state index in [1.165, 1.54) is 0 Å². The highest BCUT2D eigenvalue weighted by Gasteiger charge is 2.06. The third-order valence-electron chi connectivity index (χ3n) is 0.940. The van der Waals surface area contributed by atoms with Gasteiger partial charge in [0.2, 0.25) is 10.0 Å². The van der Waals surface area contributed by atoms with Gasteiger partial charge >= 0.3 is 0 Å². The molecule has 0 aliphatic carbocycles. The van der Waals surface area contributed by atoms with Gasteiger partial charge in [-0.15, -0.1) is 11.6 Å². The molecule has 0 spiro atoms. The van der Waals surface area contributed by atoms with Crippen LogP contribution in [0.1, 0.15) is 6.92 Å². The third kappa shape index (κ3) is 6.34. The highest BCUT2D eigenvalue weighted by Crippen LogP contribution is 1.89. The van der Waals surface area contributed by atoms with Crippen molar-refractivity contribution in [2.24, 2.45) is 0 Å². The molecule has 0 fully saturated rings. The summed E-state index contributed by atoms with van der Waals surface area (Å²) in [6, 6.07) is 0. The first kappa shape index (κ1) is 10.9. The second-order valence-electron chi connectivity index (χ2n) is 2.29. The van der Waals surface area contributed by atoms with Crippen LogP contribution in [0.4, 0.5) is 0 Å². The minimum atomic E-state index is -3.17. The number of hydrogen-bond acceptors (Lipinski definition) is 2. The van der Waals surface area contributed by atoms with Gasteiger partial charge < -0.3 is 0 Å². The summed E-state index contributed by atoms with van der Waals surface area (Å²) >= 11 is 5.26. The van der Waals surface area contributed by atoms with Crippen LogP contribution in [0.5, 0.6) is 0 Å². The summed E-state index contributed by atoms with van der Waals surface area (Å²) in [4.78, 5) is 0. The maximum atomic E-state index is 10.9. The summed E-state index contributed by atoms with van der Waals surface area (Å²) in [6.07, 6.45) is 0. The summed E-state index contributed by atoms with van der Waals surface area (Å²) < 4.78 is 24.1. The van der Waals surface area contributed by atoms with Crippen molar-refractivity contribution in [1.82, 2.24) is 4.72 Å². The summed E-state index contributed by atoms with van der Waals surface area (Å²) in [7, 11) is -3.17. The molecule has 5 heteroatoms. The van der Waals surface area contributed by atoms with Crippen LogP contribution < -0.4 is 4.72 Å². The molecule has 0 aliphatic rings. The smallest absolute Gasteiger partial charge is 0.212 e. The number of halogens is 1. The van der Waals surface area contributed by atoms with Crippen molar-refractivity contribution < 1.29 is 8.42 Å². The summed E-state index contributed by atoms with van der Waals surface area (Å²) in [5.74, 6) is 0.0767. The highest BCUT2D eigenvalue weighted by atomic mass is 35.5. The molecule has 0 atom stereocenters. The SMILES string of the molecule is C=C(C)CNS(=O)(=O)CCCl. The fraction of sp³-hybridized carbons (Fsp3) is 0.667. The number of nitrogens with one attached hydrogen (secondary N) is 1. The van der Waals surface area contributed by atoms with Crippen molar-refractivity contribution in [3.8, 4) is 0 Å². The standard InChI is InChI=1S/C6H12ClNO2S/c1-6(2)5-8-11(9,10)4-3-7/h8H,1,3-5H2,2H3. The van der Waals surface area contributed by atoms with Crippen LogP contribution >= 0.6 is 11.6 Å². The number of rotatable bonds is 5. The molecule has 0 saturated carbocycles. The van der Waals surface area contributed by atoms with Gasteiger partial charge in [-0.05, 0) is 6.92 Å². The second-order valence-corrected chi connectivity index (χ2v) is 4.59. The van der Waals surface area contributed by atoms with Gasteiger partial charge in [-0.1, -0.05) is 12.2 Å². The van der Waals surface area contributed by atoms with E-state index in [-0.39, 0.29) is 11.6 Å². The van der Waals surface area contributed by atoms with E-state index in [0.717, 1.165) is 5.57 Å². The highest BCUT2D eigenvalue weighted by molar-refractivity contribution is 7.89. The van der Waals surface area contributed by atoms with Gasteiger partial charge in [0.15, 0.2) is 0 Å². The Morgan fingerprint density at radius 1 is 1.64 bits per heavy atom. The Morgan fingerprint density at radius 2 is 2.18 bits per heavy atom. The molecule has 0 radical (unpaired) electrons. The minimum Gasteiger partial charge on any atom is -0.212 e. The van der Waals surface area contributed by atoms with Gasteiger partial charge in [0.05, 0.1) is 5.75 Å². The van der Waals surface area contributed by atoms with Gasteiger partial charge in [0, 0.05) is 12.4 Å². The van der Waals surface area contributed by atoms with Gasteiger partial charge in [-0.25, -0.2) is 13.1 Å². The molecule has 0 aromatic heterocycles. The van der Waals surface area contributed by atoms with Crippen molar-refractivity contribution in [1.29, 1.82) is 0 Å². The van der Waals surface area contributed by atoms with E-state index in [1.54, 1.807) is 6.92 Å². The zero-order valence-electron chi connectivity index (χ0n) is 6.43. The molecule has 11 heavy (non-hydrogen) atoms. The Balaban J connectivity index is 3.84. The van der Waals surface area contributed by atoms with Crippen LogP contribution in [-0.4, -0.2) is 26.6 Å². The summed E-state index contributed by atoms with van der Waals surface area (Å²) in [5.41, 5.74) is 0.781. The second kappa shape index (κ2) is 4.74. The summed E-state index contributed by atoms with van der Waals surface area (Å²) in [5, 5.41) is 0. The Bertz CT molecular complexity index is 223. The first-order chi connectivity index (χ1) is 4.98. The van der Waals surface area contributed by atoms with Gasteiger partial charge in [-0.2, -0.15) is 0 Å². The van der Waals surface area contributed by atoms with Crippen molar-refractivity contribution in [2.45, 2.75) is 6.92 Å². The first-order valence-corrected chi connectivity index (χ1v) is 5.34. The van der Waals surface area contributed by atoms with E-state index in [9.17, 15) is 8.42 Å². The largest absolute Gasteiger partial charge is 0.213 e.